The number of primary amides is 1. The number of benzene rings is 3. The van der Waals surface area contributed by atoms with Crippen LogP contribution < -0.4 is 59.7 Å². The summed E-state index contributed by atoms with van der Waals surface area (Å²) in [5.41, 5.74) is 18.9. The molecule has 77 heavy (non-hydrogen) atoms. The average Bonchev–Trinajstić information content (AvgIpc) is 4.07. The fourth-order valence-corrected chi connectivity index (χ4v) is 8.89. The Labute approximate surface area is 444 Å². The number of hydrogen-bond acceptors (Lipinski definition) is 11. The summed E-state index contributed by atoms with van der Waals surface area (Å²) < 4.78 is 0. The van der Waals surface area contributed by atoms with Crippen LogP contribution in [0.25, 0.3) is 21.7 Å². The Morgan fingerprint density at radius 1 is 0.688 bits per heavy atom. The van der Waals surface area contributed by atoms with Crippen molar-refractivity contribution < 1.29 is 43.2 Å². The van der Waals surface area contributed by atoms with Crippen LogP contribution in [0.1, 0.15) is 70.2 Å². The summed E-state index contributed by atoms with van der Waals surface area (Å²) in [6.07, 6.45) is 3.54. The van der Waals surface area contributed by atoms with Gasteiger partial charge in [-0.25, -0.2) is 4.98 Å². The molecule has 3 aromatic carbocycles. The van der Waals surface area contributed by atoms with E-state index < -0.39 is 120 Å². The minimum absolute atomic E-state index is 0.0426. The van der Waals surface area contributed by atoms with E-state index in [1.807, 2.05) is 60.7 Å². The van der Waals surface area contributed by atoms with Gasteiger partial charge in [-0.3, -0.25) is 48.1 Å². The van der Waals surface area contributed by atoms with E-state index in [-0.39, 0.29) is 51.0 Å². The van der Waals surface area contributed by atoms with Crippen molar-refractivity contribution in [1.82, 2.24) is 57.5 Å². The third-order valence-electron chi connectivity index (χ3n) is 13.1. The number of guanidine groups is 1. The van der Waals surface area contributed by atoms with Gasteiger partial charge in [0.15, 0.2) is 5.96 Å². The first-order chi connectivity index (χ1) is 36.8. The molecule has 1 aliphatic heterocycles. The number of amides is 9. The van der Waals surface area contributed by atoms with Crippen LogP contribution in [0.4, 0.5) is 0 Å². The normalized spacial score (nSPS) is 19.7. The third kappa shape index (κ3) is 16.6. The minimum atomic E-state index is -1.55. The minimum Gasteiger partial charge on any atom is -0.370 e. The molecule has 0 aliphatic carbocycles. The number of nitrogens with zero attached hydrogens (tertiary/aromatic N) is 2. The van der Waals surface area contributed by atoms with Crippen molar-refractivity contribution in [1.29, 1.82) is 0 Å². The Morgan fingerprint density at radius 2 is 1.31 bits per heavy atom. The molecule has 9 amide bonds. The number of para-hydroxylation sites is 1. The molecular formula is C53H69N15O9. The molecule has 0 radical (unpaired) electrons. The first-order valence-corrected chi connectivity index (χ1v) is 25.5. The van der Waals surface area contributed by atoms with Crippen LogP contribution >= 0.6 is 0 Å². The number of carbonyl (C=O) groups is 9. The number of rotatable bonds is 19. The molecule has 0 bridgehead atoms. The fourth-order valence-electron chi connectivity index (χ4n) is 8.89. The largest absolute Gasteiger partial charge is 0.370 e. The monoisotopic (exact) mass is 1060 g/mol. The number of nitrogens with one attached hydrogen (secondary N) is 10. The summed E-state index contributed by atoms with van der Waals surface area (Å²) in [5.74, 6) is -8.32. The molecule has 2 aromatic heterocycles. The molecule has 6 rings (SSSR count). The SMILES string of the molecule is CC(C)[C@H](NC(=O)[C@@H]1CCC(=O)N[C@@H](Cc2cnc[nH]2)C(=O)N[C@H](Cc2ccc3ccccc3c2)C(=O)N[C@@H](CCCN=C(N)N)C(=O)N[C@@H](Cc2c[nH]c3ccccc23)C(=O)N1)C(=O)N[C@H](C(=O)NCC(N)=O)C(C)C. The summed E-state index contributed by atoms with van der Waals surface area (Å²) in [4.78, 5) is 140. The summed E-state index contributed by atoms with van der Waals surface area (Å²) in [5, 5.41) is 24.2. The van der Waals surface area contributed by atoms with Crippen LogP contribution in [0.2, 0.25) is 0 Å². The molecular weight excluding hydrogens is 991 g/mol. The van der Waals surface area contributed by atoms with E-state index in [1.165, 1.54) is 12.5 Å². The Bertz CT molecular complexity index is 2950. The number of nitrogens with two attached hydrogens (primary N) is 3. The van der Waals surface area contributed by atoms with Crippen molar-refractivity contribution in [2.24, 2.45) is 34.0 Å². The van der Waals surface area contributed by atoms with E-state index in [4.69, 9.17) is 17.2 Å². The number of aliphatic imine (C=N–C) groups is 1. The highest BCUT2D eigenvalue weighted by Crippen LogP contribution is 2.21. The van der Waals surface area contributed by atoms with Gasteiger partial charge in [-0.2, -0.15) is 0 Å². The maximum atomic E-state index is 14.9. The van der Waals surface area contributed by atoms with Gasteiger partial charge in [-0.1, -0.05) is 88.4 Å². The van der Waals surface area contributed by atoms with Gasteiger partial charge in [0.2, 0.25) is 53.2 Å². The second-order valence-electron chi connectivity index (χ2n) is 19.7. The Kier molecular flexibility index (Phi) is 20.2. The van der Waals surface area contributed by atoms with Crippen molar-refractivity contribution in [3.63, 3.8) is 0 Å². The van der Waals surface area contributed by atoms with Crippen molar-refractivity contribution in [2.45, 2.75) is 115 Å². The lowest BCUT2D eigenvalue weighted by Gasteiger charge is -2.29. The summed E-state index contributed by atoms with van der Waals surface area (Å²) in [6, 6.07) is 11.0. The highest BCUT2D eigenvalue weighted by atomic mass is 16.2. The summed E-state index contributed by atoms with van der Waals surface area (Å²) in [7, 11) is 0. The third-order valence-corrected chi connectivity index (χ3v) is 13.1. The smallest absolute Gasteiger partial charge is 0.243 e. The molecule has 0 unspecified atom stereocenters. The van der Waals surface area contributed by atoms with Crippen LogP contribution in [0.15, 0.2) is 90.4 Å². The van der Waals surface area contributed by atoms with E-state index in [0.717, 1.165) is 21.7 Å². The van der Waals surface area contributed by atoms with Gasteiger partial charge in [0, 0.05) is 61.2 Å². The quantitative estimate of drug-likeness (QED) is 0.0276. The van der Waals surface area contributed by atoms with Crippen molar-refractivity contribution in [2.75, 3.05) is 13.1 Å². The maximum Gasteiger partial charge on any atom is 0.243 e. The van der Waals surface area contributed by atoms with Crippen molar-refractivity contribution >= 4 is 80.8 Å². The van der Waals surface area contributed by atoms with E-state index in [1.54, 1.807) is 40.0 Å². The summed E-state index contributed by atoms with van der Waals surface area (Å²) in [6.45, 7) is 6.22. The first-order valence-electron chi connectivity index (χ1n) is 25.5. The molecule has 3 heterocycles. The molecule has 0 spiro atoms. The first kappa shape index (κ1) is 57.4. The molecule has 1 aliphatic rings. The zero-order valence-corrected chi connectivity index (χ0v) is 43.4. The fraction of sp³-hybridized carbons (Fsp3) is 0.415. The number of fused-ring (bicyclic) bond motifs is 2. The molecule has 24 heteroatoms. The molecule has 0 saturated carbocycles. The van der Waals surface area contributed by atoms with Crippen molar-refractivity contribution in [3.05, 3.63) is 102 Å². The van der Waals surface area contributed by atoms with E-state index in [2.05, 4.69) is 62.5 Å². The van der Waals surface area contributed by atoms with Crippen molar-refractivity contribution in [3.8, 4) is 0 Å². The lowest BCUT2D eigenvalue weighted by atomic mass is 9.98. The second-order valence-corrected chi connectivity index (χ2v) is 19.7. The summed E-state index contributed by atoms with van der Waals surface area (Å²) >= 11 is 0. The van der Waals surface area contributed by atoms with Crippen LogP contribution in [0.3, 0.4) is 0 Å². The van der Waals surface area contributed by atoms with E-state index in [0.29, 0.717) is 16.8 Å². The highest BCUT2D eigenvalue weighted by molar-refractivity contribution is 5.99. The van der Waals surface area contributed by atoms with Gasteiger partial charge in [0.25, 0.3) is 0 Å². The average molecular weight is 1060 g/mol. The van der Waals surface area contributed by atoms with Gasteiger partial charge in [-0.05, 0) is 59.1 Å². The number of carbonyl (C=O) groups excluding carboxylic acids is 9. The maximum absolute atomic E-state index is 14.9. The molecule has 1 fully saturated rings. The lowest BCUT2D eigenvalue weighted by molar-refractivity contribution is -0.136. The standard InChI is InChI=1S/C53H69N15O9/c1-28(2)44(51(76)60-26-42(54)69)68-52(77)45(29(3)4)67-47(72)38-17-18-43(70)62-41(23-34-25-57-27-61-34)50(75)65-39(21-30-15-16-31-10-5-6-11-32(31)20-30)48(73)63-37(14-9-19-58-53(55)56)46(71)66-40(49(74)64-38)22-33-24-59-36-13-8-7-12-35(33)36/h5-8,10-13,15-16,20,24-25,27-29,37-41,44-45,59H,9,14,17-19,21-23,26H2,1-4H3,(H2,54,69)(H,57,61)(H,60,76)(H,62,70)(H,63,73)(H,64,74)(H,65,75)(H,66,71)(H,67,72)(H,68,77)(H4,55,56,58)/t37-,38-,39+,40-,41-,44-,45-/m0/s1. The Hall–Kier alpha value is -8.83. The van der Waals surface area contributed by atoms with Gasteiger partial charge < -0.3 is 69.7 Å². The van der Waals surface area contributed by atoms with Gasteiger partial charge in [0.05, 0.1) is 12.9 Å². The zero-order chi connectivity index (χ0) is 55.8. The second kappa shape index (κ2) is 27.1. The molecule has 410 valence electrons. The number of imidazole rings is 1. The predicted molar refractivity (Wildman–Crippen MR) is 286 cm³/mol. The number of aromatic nitrogens is 3. The molecule has 16 N–H and O–H groups in total. The number of aromatic amines is 2. The highest BCUT2D eigenvalue weighted by Gasteiger charge is 2.37. The molecule has 5 aromatic rings. The number of hydrogen-bond donors (Lipinski definition) is 13. The Balaban J connectivity index is 1.39. The lowest BCUT2D eigenvalue weighted by Crippen LogP contribution is -2.61. The van der Waals surface area contributed by atoms with Gasteiger partial charge >= 0.3 is 0 Å². The zero-order valence-electron chi connectivity index (χ0n) is 43.4. The van der Waals surface area contributed by atoms with E-state index >= 15 is 0 Å². The van der Waals surface area contributed by atoms with Crippen LogP contribution in [-0.4, -0.2) is 129 Å². The molecule has 7 atom stereocenters. The molecule has 1 saturated heterocycles. The van der Waals surface area contributed by atoms with E-state index in [9.17, 15) is 43.2 Å². The topological polar surface area (TPSA) is 385 Å². The Morgan fingerprint density at radius 3 is 1.99 bits per heavy atom. The van der Waals surface area contributed by atoms with Crippen LogP contribution in [0.5, 0.6) is 0 Å². The predicted octanol–water partition coefficient (Wildman–Crippen LogP) is -0.773. The van der Waals surface area contributed by atoms with Crippen LogP contribution in [0, 0.1) is 11.8 Å². The molecule has 24 nitrogen and oxygen atoms in total. The van der Waals surface area contributed by atoms with Crippen LogP contribution in [-0.2, 0) is 62.4 Å². The van der Waals surface area contributed by atoms with Gasteiger partial charge in [-0.15, -0.1) is 0 Å². The van der Waals surface area contributed by atoms with Gasteiger partial charge in [0.1, 0.15) is 42.3 Å². The number of H-pyrrole nitrogens is 2.